The Morgan fingerprint density at radius 2 is 1.69 bits per heavy atom. The largest absolute Gasteiger partial charge is 0.434 e. The Hall–Kier alpha value is -2.07. The first-order valence-corrected chi connectivity index (χ1v) is 7.38. The lowest BCUT2D eigenvalue weighted by molar-refractivity contribution is -0.141. The molecule has 0 unspecified atom stereocenters. The summed E-state index contributed by atoms with van der Waals surface area (Å²) in [5, 5.41) is 1.18. The van der Waals surface area contributed by atoms with Gasteiger partial charge in [0.05, 0.1) is 33.4 Å². The molecule has 2 aromatic heterocycles. The summed E-state index contributed by atoms with van der Waals surface area (Å²) in [5.41, 5.74) is -3.67. The molecule has 1 amide bonds. The lowest BCUT2D eigenvalue weighted by Crippen LogP contribution is -2.27. The smallest absolute Gasteiger partial charge is 0.346 e. The van der Waals surface area contributed by atoms with Crippen LogP contribution >= 0.6 is 23.2 Å². The molecule has 12 heteroatoms. The van der Waals surface area contributed by atoms with Crippen molar-refractivity contribution in [1.82, 2.24) is 15.3 Å². The second-order valence-corrected chi connectivity index (χ2v) is 5.66. The molecular formula is C14H7Cl2F6N3O. The van der Waals surface area contributed by atoms with Gasteiger partial charge < -0.3 is 5.32 Å². The van der Waals surface area contributed by atoms with E-state index in [1.165, 1.54) is 0 Å². The van der Waals surface area contributed by atoms with E-state index in [9.17, 15) is 31.1 Å². The minimum absolute atomic E-state index is 0.165. The molecule has 2 aromatic rings. The first kappa shape index (κ1) is 20.2. The Balaban J connectivity index is 2.23. The topological polar surface area (TPSA) is 54.9 Å². The first-order chi connectivity index (χ1) is 11.9. The fraction of sp³-hybridized carbons (Fsp3) is 0.214. The zero-order valence-corrected chi connectivity index (χ0v) is 13.9. The van der Waals surface area contributed by atoms with Gasteiger partial charge in [-0.2, -0.15) is 26.3 Å². The zero-order chi connectivity index (χ0) is 19.7. The van der Waals surface area contributed by atoms with Crippen molar-refractivity contribution in [3.05, 3.63) is 57.1 Å². The van der Waals surface area contributed by atoms with Crippen LogP contribution < -0.4 is 5.32 Å². The van der Waals surface area contributed by atoms with Gasteiger partial charge in [-0.05, 0) is 12.1 Å². The molecule has 0 aliphatic rings. The van der Waals surface area contributed by atoms with Gasteiger partial charge in [-0.25, -0.2) is 0 Å². The number of pyridine rings is 2. The highest BCUT2D eigenvalue weighted by Gasteiger charge is 2.38. The van der Waals surface area contributed by atoms with Crippen LogP contribution in [0.5, 0.6) is 0 Å². The van der Waals surface area contributed by atoms with Crippen LogP contribution in [0.4, 0.5) is 26.3 Å². The van der Waals surface area contributed by atoms with Crippen molar-refractivity contribution < 1.29 is 31.1 Å². The van der Waals surface area contributed by atoms with Crippen molar-refractivity contribution in [2.24, 2.45) is 0 Å². The summed E-state index contributed by atoms with van der Waals surface area (Å²) in [6.07, 6.45) is -8.31. The number of halogens is 8. The van der Waals surface area contributed by atoms with Crippen LogP contribution in [0.15, 0.2) is 24.5 Å². The van der Waals surface area contributed by atoms with E-state index in [2.05, 4.69) is 15.3 Å². The summed E-state index contributed by atoms with van der Waals surface area (Å²) >= 11 is 11.3. The van der Waals surface area contributed by atoms with E-state index < -0.39 is 51.7 Å². The van der Waals surface area contributed by atoms with Crippen LogP contribution in [-0.4, -0.2) is 15.9 Å². The van der Waals surface area contributed by atoms with Gasteiger partial charge in [0.1, 0.15) is 0 Å². The summed E-state index contributed by atoms with van der Waals surface area (Å²) in [4.78, 5) is 18.6. The fourth-order valence-corrected chi connectivity index (χ4v) is 2.34. The number of carbonyl (C=O) groups excluding carboxylic acids is 1. The Labute approximate surface area is 152 Å². The van der Waals surface area contributed by atoms with Crippen LogP contribution in [0, 0.1) is 0 Å². The second-order valence-electron chi connectivity index (χ2n) is 4.85. The fourth-order valence-electron chi connectivity index (χ4n) is 1.87. The molecule has 0 spiro atoms. The standard InChI is InChI=1S/C14H7Cl2F6N3O/c15-7-1-2-23-11(14(20,21)22)10(7)12(26)25-5-9-8(16)3-6(4-24-9)13(17,18)19/h1-4H,5H2,(H,25,26). The number of aromatic nitrogens is 2. The van der Waals surface area contributed by atoms with Gasteiger partial charge in [-0.1, -0.05) is 23.2 Å². The number of rotatable bonds is 3. The maximum absolute atomic E-state index is 12.9. The van der Waals surface area contributed by atoms with Gasteiger partial charge in [0.15, 0.2) is 5.69 Å². The van der Waals surface area contributed by atoms with Crippen LogP contribution in [0.3, 0.4) is 0 Å². The highest BCUT2D eigenvalue weighted by atomic mass is 35.5. The molecular weight excluding hydrogens is 411 g/mol. The van der Waals surface area contributed by atoms with Crippen LogP contribution in [0.2, 0.25) is 10.0 Å². The minimum atomic E-state index is -4.93. The molecule has 0 aliphatic carbocycles. The Morgan fingerprint density at radius 3 is 2.23 bits per heavy atom. The normalized spacial score (nSPS) is 12.2. The maximum atomic E-state index is 12.9. The average molecular weight is 418 g/mol. The summed E-state index contributed by atoms with van der Waals surface area (Å²) in [6, 6.07) is 1.59. The second kappa shape index (κ2) is 7.28. The number of nitrogens with one attached hydrogen (secondary N) is 1. The zero-order valence-electron chi connectivity index (χ0n) is 12.3. The third-order valence-corrected chi connectivity index (χ3v) is 3.70. The van der Waals surface area contributed by atoms with Gasteiger partial charge in [0, 0.05) is 12.4 Å². The minimum Gasteiger partial charge on any atom is -0.346 e. The SMILES string of the molecule is O=C(NCc1ncc(C(F)(F)F)cc1Cl)c1c(Cl)ccnc1C(F)(F)F. The predicted octanol–water partition coefficient (Wildman–Crippen LogP) is 4.75. The van der Waals surface area contributed by atoms with E-state index in [1.807, 2.05) is 0 Å². The van der Waals surface area contributed by atoms with Crippen LogP contribution in [-0.2, 0) is 18.9 Å². The molecule has 4 nitrogen and oxygen atoms in total. The Kier molecular flexibility index (Phi) is 5.67. The lowest BCUT2D eigenvalue weighted by Gasteiger charge is -2.13. The molecule has 140 valence electrons. The Morgan fingerprint density at radius 1 is 1.04 bits per heavy atom. The monoisotopic (exact) mass is 417 g/mol. The van der Waals surface area contributed by atoms with Crippen molar-refractivity contribution >= 4 is 29.1 Å². The Bertz CT molecular complexity index is 838. The number of amides is 1. The first-order valence-electron chi connectivity index (χ1n) is 6.62. The van der Waals surface area contributed by atoms with E-state index >= 15 is 0 Å². The third-order valence-electron chi connectivity index (χ3n) is 3.06. The van der Waals surface area contributed by atoms with Crippen molar-refractivity contribution in [2.45, 2.75) is 18.9 Å². The molecule has 1 N–H and O–H groups in total. The molecule has 0 aromatic carbocycles. The predicted molar refractivity (Wildman–Crippen MR) is 79.7 cm³/mol. The molecule has 0 saturated heterocycles. The van der Waals surface area contributed by atoms with E-state index in [-0.39, 0.29) is 5.69 Å². The molecule has 2 rings (SSSR count). The number of alkyl halides is 6. The van der Waals surface area contributed by atoms with Crippen LogP contribution in [0.25, 0.3) is 0 Å². The molecule has 0 atom stereocenters. The number of nitrogens with zero attached hydrogens (tertiary/aromatic N) is 2. The molecule has 26 heavy (non-hydrogen) atoms. The summed E-state index contributed by atoms with van der Waals surface area (Å²) in [7, 11) is 0. The van der Waals surface area contributed by atoms with Gasteiger partial charge in [0.25, 0.3) is 5.91 Å². The summed E-state index contributed by atoms with van der Waals surface area (Å²) < 4.78 is 76.4. The number of hydrogen-bond donors (Lipinski definition) is 1. The quantitative estimate of drug-likeness (QED) is 0.733. The van der Waals surface area contributed by atoms with Gasteiger partial charge in [-0.3, -0.25) is 14.8 Å². The molecule has 0 fully saturated rings. The molecule has 2 heterocycles. The molecule has 0 aliphatic heterocycles. The van der Waals surface area contributed by atoms with Gasteiger partial charge >= 0.3 is 12.4 Å². The van der Waals surface area contributed by atoms with Crippen molar-refractivity contribution in [3.8, 4) is 0 Å². The highest BCUT2D eigenvalue weighted by Crippen LogP contribution is 2.33. The molecule has 0 bridgehead atoms. The van der Waals surface area contributed by atoms with Crippen LogP contribution in [0.1, 0.15) is 27.3 Å². The van der Waals surface area contributed by atoms with Gasteiger partial charge in [0.2, 0.25) is 0 Å². The van der Waals surface area contributed by atoms with Crippen molar-refractivity contribution in [1.29, 1.82) is 0 Å². The van der Waals surface area contributed by atoms with Crippen molar-refractivity contribution in [3.63, 3.8) is 0 Å². The highest BCUT2D eigenvalue weighted by molar-refractivity contribution is 6.34. The number of hydrogen-bond acceptors (Lipinski definition) is 3. The third kappa shape index (κ3) is 4.55. The maximum Gasteiger partial charge on any atom is 0.434 e. The summed E-state index contributed by atoms with van der Waals surface area (Å²) in [5.74, 6) is -1.23. The summed E-state index contributed by atoms with van der Waals surface area (Å²) in [6.45, 7) is -0.516. The lowest BCUT2D eigenvalue weighted by atomic mass is 10.1. The molecule has 0 saturated carbocycles. The van der Waals surface area contributed by atoms with E-state index in [4.69, 9.17) is 23.2 Å². The van der Waals surface area contributed by atoms with E-state index in [0.717, 1.165) is 12.3 Å². The van der Waals surface area contributed by atoms with E-state index in [0.29, 0.717) is 12.3 Å². The average Bonchev–Trinajstić information content (AvgIpc) is 2.51. The number of carbonyl (C=O) groups is 1. The van der Waals surface area contributed by atoms with E-state index in [1.54, 1.807) is 0 Å². The molecule has 0 radical (unpaired) electrons. The van der Waals surface area contributed by atoms with Crippen molar-refractivity contribution in [2.75, 3.05) is 0 Å². The van der Waals surface area contributed by atoms with Gasteiger partial charge in [-0.15, -0.1) is 0 Å².